The Morgan fingerprint density at radius 2 is 1.65 bits per heavy atom. The average molecular weight is 296 g/mol. The molecule has 20 heavy (non-hydrogen) atoms. The molecule has 0 bridgehead atoms. The lowest BCUT2D eigenvalue weighted by molar-refractivity contribution is 0.0654. The van der Waals surface area contributed by atoms with E-state index in [2.05, 4.69) is 4.98 Å². The van der Waals surface area contributed by atoms with E-state index < -0.39 is 0 Å². The monoisotopic (exact) mass is 296 g/mol. The first-order chi connectivity index (χ1) is 9.40. The van der Waals surface area contributed by atoms with E-state index in [-0.39, 0.29) is 11.9 Å². The topological polar surface area (TPSA) is 56.8 Å². The van der Waals surface area contributed by atoms with Crippen LogP contribution in [-0.2, 0) is 0 Å². The molecule has 6 nitrogen and oxygen atoms in total. The smallest absolute Gasteiger partial charge is 0.319 e. The maximum Gasteiger partial charge on any atom is 0.319 e. The fraction of sp³-hybridized carbons (Fsp3) is 0.615. The van der Waals surface area contributed by atoms with Crippen LogP contribution in [0.15, 0.2) is 0 Å². The molecule has 0 spiro atoms. The summed E-state index contributed by atoms with van der Waals surface area (Å²) in [4.78, 5) is 34.4. The van der Waals surface area contributed by atoms with Gasteiger partial charge >= 0.3 is 6.03 Å². The Bertz CT molecular complexity index is 518. The van der Waals surface area contributed by atoms with Crippen LogP contribution >= 0.6 is 11.3 Å². The van der Waals surface area contributed by atoms with Crippen LogP contribution in [0.5, 0.6) is 0 Å². The molecule has 1 aliphatic rings. The van der Waals surface area contributed by atoms with E-state index in [1.54, 1.807) is 28.8 Å². The van der Waals surface area contributed by atoms with Crippen molar-refractivity contribution in [2.24, 2.45) is 0 Å². The molecule has 1 aromatic heterocycles. The fourth-order valence-electron chi connectivity index (χ4n) is 2.26. The summed E-state index contributed by atoms with van der Waals surface area (Å²) in [7, 11) is 3.48. The van der Waals surface area contributed by atoms with Crippen LogP contribution < -0.4 is 0 Å². The van der Waals surface area contributed by atoms with E-state index in [9.17, 15) is 9.59 Å². The molecule has 0 aromatic carbocycles. The number of amides is 3. The zero-order valence-electron chi connectivity index (χ0n) is 12.3. The van der Waals surface area contributed by atoms with Crippen molar-refractivity contribution in [1.29, 1.82) is 0 Å². The Morgan fingerprint density at radius 3 is 2.10 bits per heavy atom. The van der Waals surface area contributed by atoms with Gasteiger partial charge in [-0.15, -0.1) is 11.3 Å². The van der Waals surface area contributed by atoms with E-state index in [4.69, 9.17) is 0 Å². The van der Waals surface area contributed by atoms with Crippen LogP contribution in [-0.4, -0.2) is 71.9 Å². The molecule has 0 N–H and O–H groups in total. The van der Waals surface area contributed by atoms with Gasteiger partial charge in [-0.2, -0.15) is 0 Å². The van der Waals surface area contributed by atoms with Gasteiger partial charge in [-0.1, -0.05) is 0 Å². The van der Waals surface area contributed by atoms with E-state index in [0.29, 0.717) is 26.2 Å². The highest BCUT2D eigenvalue weighted by Crippen LogP contribution is 2.20. The minimum absolute atomic E-state index is 0.00177. The van der Waals surface area contributed by atoms with Gasteiger partial charge in [0.1, 0.15) is 4.88 Å². The Balaban J connectivity index is 1.99. The molecule has 0 atom stereocenters. The van der Waals surface area contributed by atoms with Crippen molar-refractivity contribution in [2.45, 2.75) is 13.8 Å². The number of urea groups is 1. The highest BCUT2D eigenvalue weighted by atomic mass is 32.1. The summed E-state index contributed by atoms with van der Waals surface area (Å²) >= 11 is 1.44. The SMILES string of the molecule is Cc1nc(C)c(C(=O)N2CCN(C(=O)N(C)C)CC2)s1. The Morgan fingerprint density at radius 1 is 1.10 bits per heavy atom. The minimum Gasteiger partial charge on any atom is -0.334 e. The van der Waals surface area contributed by atoms with Gasteiger partial charge in [-0.05, 0) is 13.8 Å². The standard InChI is InChI=1S/C13H20N4O2S/c1-9-11(20-10(2)14-9)12(18)16-5-7-17(8-6-16)13(19)15(3)4/h5-8H2,1-4H3. The molecule has 0 saturated carbocycles. The zero-order chi connectivity index (χ0) is 14.9. The maximum atomic E-state index is 12.4. The number of carbonyl (C=O) groups is 2. The van der Waals surface area contributed by atoms with Crippen LogP contribution in [0.3, 0.4) is 0 Å². The van der Waals surface area contributed by atoms with E-state index >= 15 is 0 Å². The van der Waals surface area contributed by atoms with Crippen molar-refractivity contribution in [3.8, 4) is 0 Å². The molecule has 3 amide bonds. The summed E-state index contributed by atoms with van der Waals surface area (Å²) in [6.45, 7) is 6.09. The molecule has 1 aliphatic heterocycles. The Hall–Kier alpha value is -1.63. The third kappa shape index (κ3) is 2.92. The zero-order valence-corrected chi connectivity index (χ0v) is 13.2. The van der Waals surface area contributed by atoms with Crippen molar-refractivity contribution in [3.63, 3.8) is 0 Å². The first-order valence-corrected chi connectivity index (χ1v) is 7.41. The largest absolute Gasteiger partial charge is 0.334 e. The van der Waals surface area contributed by atoms with Gasteiger partial charge in [0.2, 0.25) is 0 Å². The van der Waals surface area contributed by atoms with Crippen molar-refractivity contribution in [2.75, 3.05) is 40.3 Å². The van der Waals surface area contributed by atoms with Gasteiger partial charge in [-0.3, -0.25) is 4.79 Å². The predicted molar refractivity (Wildman–Crippen MR) is 78.1 cm³/mol. The van der Waals surface area contributed by atoms with Gasteiger partial charge in [-0.25, -0.2) is 9.78 Å². The lowest BCUT2D eigenvalue weighted by Crippen LogP contribution is -2.52. The number of carbonyl (C=O) groups excluding carboxylic acids is 2. The summed E-state index contributed by atoms with van der Waals surface area (Å²) < 4.78 is 0. The Kier molecular flexibility index (Phi) is 4.27. The lowest BCUT2D eigenvalue weighted by atomic mass is 10.3. The number of piperazine rings is 1. The molecule has 7 heteroatoms. The minimum atomic E-state index is 0.00177. The number of rotatable bonds is 1. The van der Waals surface area contributed by atoms with Gasteiger partial charge in [0.15, 0.2) is 0 Å². The Labute approximate surface area is 123 Å². The number of hydrogen-bond donors (Lipinski definition) is 0. The molecule has 0 unspecified atom stereocenters. The fourth-order valence-corrected chi connectivity index (χ4v) is 3.14. The second kappa shape index (κ2) is 5.78. The third-order valence-electron chi connectivity index (χ3n) is 3.32. The van der Waals surface area contributed by atoms with Gasteiger partial charge < -0.3 is 14.7 Å². The van der Waals surface area contributed by atoms with Crippen LogP contribution in [0.2, 0.25) is 0 Å². The summed E-state index contributed by atoms with van der Waals surface area (Å²) in [5.74, 6) is 0.0325. The maximum absolute atomic E-state index is 12.4. The molecule has 0 radical (unpaired) electrons. The van der Waals surface area contributed by atoms with Crippen molar-refractivity contribution < 1.29 is 9.59 Å². The molecule has 110 valence electrons. The van der Waals surface area contributed by atoms with Crippen LogP contribution in [0, 0.1) is 13.8 Å². The molecule has 1 aromatic rings. The van der Waals surface area contributed by atoms with Crippen molar-refractivity contribution >= 4 is 23.3 Å². The lowest BCUT2D eigenvalue weighted by Gasteiger charge is -2.35. The van der Waals surface area contributed by atoms with E-state index in [1.165, 1.54) is 11.3 Å². The van der Waals surface area contributed by atoms with Crippen molar-refractivity contribution in [3.05, 3.63) is 15.6 Å². The highest BCUT2D eigenvalue weighted by Gasteiger charge is 2.27. The van der Waals surface area contributed by atoms with E-state index in [1.807, 2.05) is 13.8 Å². The van der Waals surface area contributed by atoms with Crippen LogP contribution in [0.25, 0.3) is 0 Å². The molecule has 2 heterocycles. The molecule has 2 rings (SSSR count). The van der Waals surface area contributed by atoms with Gasteiger partial charge in [0, 0.05) is 40.3 Å². The predicted octanol–water partition coefficient (Wildman–Crippen LogP) is 1.20. The molecular weight excluding hydrogens is 276 g/mol. The van der Waals surface area contributed by atoms with Gasteiger partial charge in [0.25, 0.3) is 5.91 Å². The number of nitrogens with zero attached hydrogens (tertiary/aromatic N) is 4. The van der Waals surface area contributed by atoms with Crippen molar-refractivity contribution in [1.82, 2.24) is 19.7 Å². The molecule has 1 fully saturated rings. The molecule has 0 aliphatic carbocycles. The highest BCUT2D eigenvalue weighted by molar-refractivity contribution is 7.13. The molecular formula is C13H20N4O2S. The average Bonchev–Trinajstić information content (AvgIpc) is 2.76. The quantitative estimate of drug-likeness (QED) is 0.782. The second-order valence-corrected chi connectivity index (χ2v) is 6.31. The van der Waals surface area contributed by atoms with Crippen LogP contribution in [0.4, 0.5) is 4.79 Å². The number of thiazole rings is 1. The summed E-state index contributed by atoms with van der Waals surface area (Å²) in [5.41, 5.74) is 0.796. The molecule has 1 saturated heterocycles. The second-order valence-electron chi connectivity index (χ2n) is 5.10. The number of aryl methyl sites for hydroxylation is 2. The normalized spacial score (nSPS) is 15.4. The van der Waals surface area contributed by atoms with E-state index in [0.717, 1.165) is 15.6 Å². The summed E-state index contributed by atoms with van der Waals surface area (Å²) in [5, 5.41) is 0.910. The third-order valence-corrected chi connectivity index (χ3v) is 4.38. The summed E-state index contributed by atoms with van der Waals surface area (Å²) in [6, 6.07) is 0.00177. The van der Waals surface area contributed by atoms with Gasteiger partial charge in [0.05, 0.1) is 10.7 Å². The summed E-state index contributed by atoms with van der Waals surface area (Å²) in [6.07, 6.45) is 0. The first kappa shape index (κ1) is 14.8. The number of aromatic nitrogens is 1. The number of hydrogen-bond acceptors (Lipinski definition) is 4. The van der Waals surface area contributed by atoms with Crippen LogP contribution in [0.1, 0.15) is 20.4 Å². The first-order valence-electron chi connectivity index (χ1n) is 6.59.